The average Bonchev–Trinajstić information content (AvgIpc) is 2.55. The second-order valence-electron chi connectivity index (χ2n) is 5.79. The molecule has 0 radical (unpaired) electrons. The maximum absolute atomic E-state index is 12.5. The van der Waals surface area contributed by atoms with Crippen LogP contribution in [0, 0.1) is 0 Å². The van der Waals surface area contributed by atoms with E-state index in [-0.39, 0.29) is 5.91 Å². The molecule has 1 N–H and O–H groups in total. The van der Waals surface area contributed by atoms with E-state index < -0.39 is 17.0 Å². The lowest BCUT2D eigenvalue weighted by Gasteiger charge is -2.15. The Hall–Kier alpha value is -1.50. The number of nitrogens with one attached hydrogen (secondary N) is 1. The molecule has 7 heteroatoms. The van der Waals surface area contributed by atoms with Crippen LogP contribution in [0.4, 0.5) is 13.2 Å². The van der Waals surface area contributed by atoms with Crippen molar-refractivity contribution in [2.75, 3.05) is 6.54 Å². The first-order chi connectivity index (χ1) is 11.4. The van der Waals surface area contributed by atoms with Crippen molar-refractivity contribution >= 4 is 17.7 Å². The Morgan fingerprint density at radius 1 is 1.38 bits per heavy atom. The molecule has 1 heterocycles. The van der Waals surface area contributed by atoms with Crippen LogP contribution in [0.3, 0.4) is 0 Å². The lowest BCUT2D eigenvalue weighted by molar-refractivity contribution is -0.137. The molecular formula is C17H21F3N2OS. The summed E-state index contributed by atoms with van der Waals surface area (Å²) in [6.07, 6.45) is 4.19. The molecule has 0 unspecified atom stereocenters. The maximum Gasteiger partial charge on any atom is 0.417 e. The van der Waals surface area contributed by atoms with Crippen LogP contribution in [-0.4, -0.2) is 22.7 Å². The third kappa shape index (κ3) is 5.85. The van der Waals surface area contributed by atoms with Gasteiger partial charge in [-0.2, -0.15) is 13.2 Å². The molecular weight excluding hydrogens is 337 g/mol. The fourth-order valence-corrected chi connectivity index (χ4v) is 3.29. The van der Waals surface area contributed by atoms with Gasteiger partial charge in [0.2, 0.25) is 5.91 Å². The van der Waals surface area contributed by atoms with Gasteiger partial charge in [-0.15, -0.1) is 0 Å². The number of hydrogen-bond acceptors (Lipinski definition) is 3. The largest absolute Gasteiger partial charge is 0.417 e. The number of thioether (sulfide) groups is 1. The van der Waals surface area contributed by atoms with E-state index in [9.17, 15) is 18.0 Å². The molecule has 3 nitrogen and oxygen atoms in total. The lowest BCUT2D eigenvalue weighted by atomic mass is 9.97. The summed E-state index contributed by atoms with van der Waals surface area (Å²) in [5.74, 6) is -0.127. The van der Waals surface area contributed by atoms with Gasteiger partial charge in [0.15, 0.2) is 0 Å². The van der Waals surface area contributed by atoms with Crippen LogP contribution in [0.2, 0.25) is 0 Å². The molecule has 132 valence electrons. The predicted octanol–water partition coefficient (Wildman–Crippen LogP) is 4.59. The number of halogens is 3. The zero-order chi connectivity index (χ0) is 17.6. The molecule has 1 aromatic rings. The lowest BCUT2D eigenvalue weighted by Crippen LogP contribution is -2.31. The molecule has 0 spiro atoms. The predicted molar refractivity (Wildman–Crippen MR) is 88.7 cm³/mol. The Bertz CT molecular complexity index is 584. The SMILES string of the molecule is C[C@@H](Sc1ccc(C(F)(F)F)cn1)C(=O)NCCC1=CCCCC1. The minimum atomic E-state index is -4.40. The molecule has 0 bridgehead atoms. The summed E-state index contributed by atoms with van der Waals surface area (Å²) in [7, 11) is 0. The van der Waals surface area contributed by atoms with Crippen LogP contribution in [-0.2, 0) is 11.0 Å². The van der Waals surface area contributed by atoms with Gasteiger partial charge in [0.25, 0.3) is 0 Å². The normalized spacial score (nSPS) is 16.4. The molecule has 0 saturated carbocycles. The Morgan fingerprint density at radius 3 is 2.75 bits per heavy atom. The van der Waals surface area contributed by atoms with Gasteiger partial charge in [0.05, 0.1) is 15.8 Å². The number of alkyl halides is 3. The molecule has 0 aliphatic heterocycles. The Morgan fingerprint density at radius 2 is 2.17 bits per heavy atom. The first-order valence-corrected chi connectivity index (χ1v) is 8.90. The second kappa shape index (κ2) is 8.55. The van der Waals surface area contributed by atoms with Gasteiger partial charge in [-0.3, -0.25) is 4.79 Å². The van der Waals surface area contributed by atoms with Gasteiger partial charge in [-0.25, -0.2) is 4.98 Å². The van der Waals surface area contributed by atoms with Gasteiger partial charge in [0.1, 0.15) is 0 Å². The van der Waals surface area contributed by atoms with E-state index >= 15 is 0 Å². The maximum atomic E-state index is 12.5. The molecule has 1 aliphatic carbocycles. The number of hydrogen-bond donors (Lipinski definition) is 1. The summed E-state index contributed by atoms with van der Waals surface area (Å²) in [6.45, 7) is 2.31. The summed E-state index contributed by atoms with van der Waals surface area (Å²) in [4.78, 5) is 15.8. The fourth-order valence-electron chi connectivity index (χ4n) is 2.47. The molecule has 1 amide bonds. The van der Waals surface area contributed by atoms with E-state index in [2.05, 4.69) is 16.4 Å². The van der Waals surface area contributed by atoms with Gasteiger partial charge in [-0.05, 0) is 51.2 Å². The van der Waals surface area contributed by atoms with Gasteiger partial charge < -0.3 is 5.32 Å². The Balaban J connectivity index is 1.77. The smallest absolute Gasteiger partial charge is 0.355 e. The van der Waals surface area contributed by atoms with Gasteiger partial charge >= 0.3 is 6.18 Å². The molecule has 2 rings (SSSR count). The molecule has 1 aliphatic rings. The molecule has 0 saturated heterocycles. The molecule has 24 heavy (non-hydrogen) atoms. The number of aromatic nitrogens is 1. The van der Waals surface area contributed by atoms with Crippen LogP contribution in [0.1, 0.15) is 44.6 Å². The van der Waals surface area contributed by atoms with Crippen molar-refractivity contribution in [1.29, 1.82) is 0 Å². The standard InChI is InChI=1S/C17H21F3N2OS/c1-12(16(23)21-10-9-13-5-3-2-4-6-13)24-15-8-7-14(11-22-15)17(18,19)20/h5,7-8,11-12H,2-4,6,9-10H2,1H3,(H,21,23)/t12-/m1/s1. The molecule has 0 fully saturated rings. The van der Waals surface area contributed by atoms with Crippen LogP contribution in [0.5, 0.6) is 0 Å². The Kier molecular flexibility index (Phi) is 6.71. The van der Waals surface area contributed by atoms with E-state index in [4.69, 9.17) is 0 Å². The summed E-state index contributed by atoms with van der Waals surface area (Å²) < 4.78 is 37.5. The topological polar surface area (TPSA) is 42.0 Å². The van der Waals surface area contributed by atoms with Crippen molar-refractivity contribution in [3.63, 3.8) is 0 Å². The van der Waals surface area contributed by atoms with E-state index in [0.29, 0.717) is 11.6 Å². The molecule has 1 aromatic heterocycles. The van der Waals surface area contributed by atoms with Crippen molar-refractivity contribution < 1.29 is 18.0 Å². The highest BCUT2D eigenvalue weighted by Crippen LogP contribution is 2.30. The van der Waals surface area contributed by atoms with Crippen molar-refractivity contribution in [3.05, 3.63) is 35.5 Å². The second-order valence-corrected chi connectivity index (χ2v) is 7.15. The number of nitrogens with zero attached hydrogens (tertiary/aromatic N) is 1. The highest BCUT2D eigenvalue weighted by Gasteiger charge is 2.30. The van der Waals surface area contributed by atoms with E-state index in [0.717, 1.165) is 43.3 Å². The zero-order valence-electron chi connectivity index (χ0n) is 13.5. The van der Waals surface area contributed by atoms with Gasteiger partial charge in [-0.1, -0.05) is 23.4 Å². The van der Waals surface area contributed by atoms with E-state index in [1.165, 1.54) is 24.5 Å². The fraction of sp³-hybridized carbons (Fsp3) is 0.529. The number of pyridine rings is 1. The molecule has 0 aromatic carbocycles. The number of carbonyl (C=O) groups is 1. The third-order valence-corrected chi connectivity index (χ3v) is 4.91. The number of rotatable bonds is 6. The van der Waals surface area contributed by atoms with Crippen LogP contribution in [0.15, 0.2) is 35.0 Å². The number of amides is 1. The number of allylic oxidation sites excluding steroid dienone is 1. The summed E-state index contributed by atoms with van der Waals surface area (Å²) >= 11 is 1.15. The zero-order valence-corrected chi connectivity index (χ0v) is 14.3. The average molecular weight is 358 g/mol. The number of carbonyl (C=O) groups excluding carboxylic acids is 1. The quantitative estimate of drug-likeness (QED) is 0.597. The van der Waals surface area contributed by atoms with Crippen molar-refractivity contribution in [2.45, 2.75) is 55.5 Å². The highest BCUT2D eigenvalue weighted by atomic mass is 32.2. The van der Waals surface area contributed by atoms with Crippen molar-refractivity contribution in [3.8, 4) is 0 Å². The molecule has 1 atom stereocenters. The van der Waals surface area contributed by atoms with Crippen LogP contribution >= 0.6 is 11.8 Å². The summed E-state index contributed by atoms with van der Waals surface area (Å²) in [5.41, 5.74) is 0.607. The third-order valence-electron chi connectivity index (χ3n) is 3.86. The first kappa shape index (κ1) is 18.8. The Labute approximate surface area is 144 Å². The van der Waals surface area contributed by atoms with Crippen LogP contribution in [0.25, 0.3) is 0 Å². The van der Waals surface area contributed by atoms with Crippen LogP contribution < -0.4 is 5.32 Å². The summed E-state index contributed by atoms with van der Waals surface area (Å²) in [6, 6.07) is 2.28. The monoisotopic (exact) mass is 358 g/mol. The van der Waals surface area contributed by atoms with E-state index in [1.807, 2.05) is 0 Å². The van der Waals surface area contributed by atoms with Crippen molar-refractivity contribution in [2.24, 2.45) is 0 Å². The highest BCUT2D eigenvalue weighted by molar-refractivity contribution is 8.00. The van der Waals surface area contributed by atoms with E-state index in [1.54, 1.807) is 6.92 Å². The van der Waals surface area contributed by atoms with Crippen molar-refractivity contribution in [1.82, 2.24) is 10.3 Å². The minimum Gasteiger partial charge on any atom is -0.355 e. The minimum absolute atomic E-state index is 0.127. The first-order valence-electron chi connectivity index (χ1n) is 8.02. The van der Waals surface area contributed by atoms with Gasteiger partial charge in [0, 0.05) is 12.7 Å². The summed E-state index contributed by atoms with van der Waals surface area (Å²) in [5, 5.41) is 2.87.